The van der Waals surface area contributed by atoms with E-state index in [1.54, 1.807) is 0 Å². The molecule has 152 valence electrons. The Balaban J connectivity index is 1.19. The van der Waals surface area contributed by atoms with Crippen LogP contribution in [0.25, 0.3) is 22.3 Å². The van der Waals surface area contributed by atoms with Crippen molar-refractivity contribution in [3.8, 4) is 17.1 Å². The highest BCUT2D eigenvalue weighted by Crippen LogP contribution is 2.20. The minimum Gasteiger partial charge on any atom is -0.487 e. The van der Waals surface area contributed by atoms with Gasteiger partial charge < -0.3 is 10.1 Å². The number of rotatable bonds is 7. The van der Waals surface area contributed by atoms with Gasteiger partial charge >= 0.3 is 0 Å². The number of fused-ring (bicyclic) bond motifs is 1. The van der Waals surface area contributed by atoms with E-state index in [0.717, 1.165) is 39.2 Å². The van der Waals surface area contributed by atoms with Crippen molar-refractivity contribution in [1.29, 1.82) is 0 Å². The second-order valence-corrected chi connectivity index (χ2v) is 7.10. The Morgan fingerprint density at radius 2 is 1.77 bits per heavy atom. The number of pyridine rings is 1. The van der Waals surface area contributed by atoms with E-state index in [4.69, 9.17) is 4.74 Å². The van der Waals surface area contributed by atoms with Gasteiger partial charge in [0, 0.05) is 29.2 Å². The molecule has 0 amide bonds. The second kappa shape index (κ2) is 8.62. The predicted octanol–water partition coefficient (Wildman–Crippen LogP) is 4.61. The van der Waals surface area contributed by atoms with Crippen molar-refractivity contribution in [1.82, 2.24) is 25.6 Å². The van der Waals surface area contributed by atoms with E-state index in [1.807, 2.05) is 72.8 Å². The molecule has 5 rings (SSSR count). The lowest BCUT2D eigenvalue weighted by Crippen LogP contribution is -2.01. The number of H-pyrrole nitrogens is 1. The average Bonchev–Trinajstić information content (AvgIpc) is 3.37. The summed E-state index contributed by atoms with van der Waals surface area (Å²) in [5.41, 5.74) is 4.95. The van der Waals surface area contributed by atoms with Crippen molar-refractivity contribution in [2.75, 3.05) is 5.32 Å². The molecule has 7 nitrogen and oxygen atoms in total. The molecule has 3 aromatic carbocycles. The summed E-state index contributed by atoms with van der Waals surface area (Å²) in [7, 11) is 0. The zero-order chi connectivity index (χ0) is 20.9. The topological polar surface area (TPSA) is 88.6 Å². The van der Waals surface area contributed by atoms with Gasteiger partial charge in [0.1, 0.15) is 12.4 Å². The van der Waals surface area contributed by atoms with Crippen LogP contribution in [0.5, 0.6) is 5.75 Å². The number of hydrogen-bond donors (Lipinski definition) is 2. The fourth-order valence-electron chi connectivity index (χ4n) is 3.30. The number of ether oxygens (including phenoxy) is 1. The number of tetrazole rings is 1. The largest absolute Gasteiger partial charge is 0.487 e. The third-order valence-electron chi connectivity index (χ3n) is 4.93. The van der Waals surface area contributed by atoms with Crippen LogP contribution in [0, 0.1) is 0 Å². The highest BCUT2D eigenvalue weighted by atomic mass is 16.5. The zero-order valence-corrected chi connectivity index (χ0v) is 16.7. The average molecular weight is 408 g/mol. The van der Waals surface area contributed by atoms with E-state index in [9.17, 15) is 0 Å². The lowest BCUT2D eigenvalue weighted by Gasteiger charge is -2.10. The first-order valence-corrected chi connectivity index (χ1v) is 9.98. The Kier molecular flexibility index (Phi) is 5.22. The van der Waals surface area contributed by atoms with Gasteiger partial charge in [0.05, 0.1) is 11.2 Å². The maximum atomic E-state index is 5.97. The monoisotopic (exact) mass is 408 g/mol. The fourth-order valence-corrected chi connectivity index (χ4v) is 3.30. The van der Waals surface area contributed by atoms with E-state index in [2.05, 4.69) is 43.1 Å². The molecule has 0 aliphatic carbocycles. The van der Waals surface area contributed by atoms with Crippen LogP contribution in [0.1, 0.15) is 11.3 Å². The molecule has 2 heterocycles. The summed E-state index contributed by atoms with van der Waals surface area (Å²) in [5, 5.41) is 18.6. The quantitative estimate of drug-likeness (QED) is 0.409. The standard InChI is InChI=1S/C24H20N6O/c1-2-7-23-18(4-1)12-13-21(26-23)16-31-22-6-3-5-20(14-22)25-15-17-8-10-19(11-9-17)24-27-29-30-28-24/h1-14,25H,15-16H2,(H,27,28,29,30). The minimum atomic E-state index is 0.422. The molecule has 0 atom stereocenters. The second-order valence-electron chi connectivity index (χ2n) is 7.10. The predicted molar refractivity (Wildman–Crippen MR) is 119 cm³/mol. The number of nitrogens with one attached hydrogen (secondary N) is 2. The van der Waals surface area contributed by atoms with Gasteiger partial charge in [-0.3, -0.25) is 0 Å². The van der Waals surface area contributed by atoms with E-state index >= 15 is 0 Å². The number of nitrogens with zero attached hydrogens (tertiary/aromatic N) is 4. The summed E-state index contributed by atoms with van der Waals surface area (Å²) >= 11 is 0. The summed E-state index contributed by atoms with van der Waals surface area (Å²) in [6, 6.07) is 28.2. The molecule has 0 saturated heterocycles. The van der Waals surface area contributed by atoms with Crippen molar-refractivity contribution >= 4 is 16.6 Å². The Bertz CT molecular complexity index is 1290. The van der Waals surface area contributed by atoms with E-state index < -0.39 is 0 Å². The summed E-state index contributed by atoms with van der Waals surface area (Å²) in [6.07, 6.45) is 0. The normalized spacial score (nSPS) is 10.8. The van der Waals surface area contributed by atoms with Crippen LogP contribution in [0.15, 0.2) is 84.9 Å². The van der Waals surface area contributed by atoms with Gasteiger partial charge in [-0.15, -0.1) is 10.2 Å². The highest BCUT2D eigenvalue weighted by Gasteiger charge is 2.04. The lowest BCUT2D eigenvalue weighted by atomic mass is 10.1. The molecule has 0 aliphatic heterocycles. The Hall–Kier alpha value is -4.26. The summed E-state index contributed by atoms with van der Waals surface area (Å²) in [5.74, 6) is 1.39. The van der Waals surface area contributed by atoms with E-state index in [1.165, 1.54) is 0 Å². The van der Waals surface area contributed by atoms with Gasteiger partial charge in [0.15, 0.2) is 0 Å². The maximum absolute atomic E-state index is 5.97. The van der Waals surface area contributed by atoms with E-state index in [0.29, 0.717) is 19.0 Å². The SMILES string of the molecule is c1cc(NCc2ccc(-c3nn[nH]n3)cc2)cc(OCc2ccc3ccccc3n2)c1. The first-order chi connectivity index (χ1) is 15.3. The summed E-state index contributed by atoms with van der Waals surface area (Å²) < 4.78 is 5.97. The van der Waals surface area contributed by atoms with E-state index in [-0.39, 0.29) is 0 Å². The molecular formula is C24H20N6O. The van der Waals surface area contributed by atoms with Crippen LogP contribution in [0.4, 0.5) is 5.69 Å². The maximum Gasteiger partial charge on any atom is 0.204 e. The Labute approximate surface area is 179 Å². The van der Waals surface area contributed by atoms with Gasteiger partial charge in [-0.25, -0.2) is 4.98 Å². The van der Waals surface area contributed by atoms with Crippen molar-refractivity contribution < 1.29 is 4.74 Å². The van der Waals surface area contributed by atoms with Crippen LogP contribution in [0.2, 0.25) is 0 Å². The highest BCUT2D eigenvalue weighted by molar-refractivity contribution is 5.78. The van der Waals surface area contributed by atoms with Crippen LogP contribution in [-0.2, 0) is 13.2 Å². The number of aromatic nitrogens is 5. The number of anilines is 1. The third kappa shape index (κ3) is 4.51. The van der Waals surface area contributed by atoms with Crippen molar-refractivity contribution in [3.63, 3.8) is 0 Å². The van der Waals surface area contributed by atoms with Gasteiger partial charge in [0.2, 0.25) is 5.82 Å². The Morgan fingerprint density at radius 1 is 0.871 bits per heavy atom. The molecule has 5 aromatic rings. The van der Waals surface area contributed by atoms with Gasteiger partial charge in [0.25, 0.3) is 0 Å². The smallest absolute Gasteiger partial charge is 0.204 e. The van der Waals surface area contributed by atoms with Crippen LogP contribution in [0.3, 0.4) is 0 Å². The fraction of sp³-hybridized carbons (Fsp3) is 0.0833. The zero-order valence-electron chi connectivity index (χ0n) is 16.7. The molecule has 0 aliphatic rings. The summed E-state index contributed by atoms with van der Waals surface area (Å²) in [4.78, 5) is 4.66. The molecule has 7 heteroatoms. The first kappa shape index (κ1) is 18.7. The van der Waals surface area contributed by atoms with Gasteiger partial charge in [-0.1, -0.05) is 54.6 Å². The van der Waals surface area contributed by atoms with Gasteiger partial charge in [-0.2, -0.15) is 5.21 Å². The molecule has 0 unspecified atom stereocenters. The molecule has 31 heavy (non-hydrogen) atoms. The minimum absolute atomic E-state index is 0.422. The molecular weight excluding hydrogens is 388 g/mol. The Morgan fingerprint density at radius 3 is 2.65 bits per heavy atom. The number of benzene rings is 3. The van der Waals surface area contributed by atoms with Crippen molar-refractivity contribution in [3.05, 3.63) is 96.2 Å². The molecule has 0 saturated carbocycles. The first-order valence-electron chi connectivity index (χ1n) is 9.98. The lowest BCUT2D eigenvalue weighted by molar-refractivity contribution is 0.302. The summed E-state index contributed by atoms with van der Waals surface area (Å²) in [6.45, 7) is 1.12. The molecule has 0 bridgehead atoms. The van der Waals surface area contributed by atoms with Crippen LogP contribution >= 0.6 is 0 Å². The van der Waals surface area contributed by atoms with Crippen LogP contribution in [-0.4, -0.2) is 25.6 Å². The number of para-hydroxylation sites is 1. The number of aromatic amines is 1. The van der Waals surface area contributed by atoms with Crippen molar-refractivity contribution in [2.24, 2.45) is 0 Å². The molecule has 2 N–H and O–H groups in total. The molecule has 0 fully saturated rings. The van der Waals surface area contributed by atoms with Crippen molar-refractivity contribution in [2.45, 2.75) is 13.2 Å². The third-order valence-corrected chi connectivity index (χ3v) is 4.93. The number of hydrogen-bond acceptors (Lipinski definition) is 6. The molecule has 0 spiro atoms. The van der Waals surface area contributed by atoms with Gasteiger partial charge in [-0.05, 0) is 35.0 Å². The van der Waals surface area contributed by atoms with Crippen LogP contribution < -0.4 is 10.1 Å². The molecule has 0 radical (unpaired) electrons. The molecule has 2 aromatic heterocycles.